The first-order chi connectivity index (χ1) is 19.3. The Morgan fingerprint density at radius 3 is 2.46 bits per heavy atom. The fourth-order valence-electron chi connectivity index (χ4n) is 5.25. The van der Waals surface area contributed by atoms with Crippen molar-refractivity contribution in [3.8, 4) is 17.1 Å². The molecule has 0 N–H and O–H groups in total. The molecule has 3 aromatic rings. The van der Waals surface area contributed by atoms with E-state index in [1.807, 2.05) is 48.2 Å². The minimum Gasteiger partial charge on any atom is -0.491 e. The minimum atomic E-state index is -0.607. The molecule has 0 amide bonds. The van der Waals surface area contributed by atoms with Crippen molar-refractivity contribution in [3.05, 3.63) is 46.2 Å². The number of pyridine rings is 1. The molecule has 1 atom stereocenters. The third kappa shape index (κ3) is 7.00. The Labute approximate surface area is 241 Å². The quantitative estimate of drug-likeness (QED) is 0.210. The molecule has 1 aromatic carbocycles. The Bertz CT molecular complexity index is 1470. The summed E-state index contributed by atoms with van der Waals surface area (Å²) in [5.74, 6) is -0.0636. The maximum atomic E-state index is 13.1. The van der Waals surface area contributed by atoms with Crippen LogP contribution in [0.2, 0.25) is 0 Å². The van der Waals surface area contributed by atoms with E-state index in [1.165, 1.54) is 6.07 Å². The SMILES string of the molecule is CCOC(=O)c1cn2c(cc1=O)-c1c3cccc(OCCCCCCC(=O)OC(C)(C)C)c3nn1C[C@H]2C(C)(C)C. The smallest absolute Gasteiger partial charge is 0.343 e. The molecule has 1 aliphatic heterocycles. The number of benzene rings is 1. The number of ether oxygens (including phenoxy) is 3. The Morgan fingerprint density at radius 1 is 1.05 bits per heavy atom. The highest BCUT2D eigenvalue weighted by Gasteiger charge is 2.35. The first kappa shape index (κ1) is 30.3. The van der Waals surface area contributed by atoms with Crippen LogP contribution in [0.1, 0.15) is 97.0 Å². The molecule has 0 saturated heterocycles. The lowest BCUT2D eigenvalue weighted by molar-refractivity contribution is -0.154. The van der Waals surface area contributed by atoms with Crippen LogP contribution < -0.4 is 10.2 Å². The van der Waals surface area contributed by atoms with E-state index in [4.69, 9.17) is 19.3 Å². The second-order valence-corrected chi connectivity index (χ2v) is 12.7. The van der Waals surface area contributed by atoms with E-state index in [2.05, 4.69) is 20.8 Å². The molecule has 0 spiro atoms. The van der Waals surface area contributed by atoms with Crippen molar-refractivity contribution in [3.63, 3.8) is 0 Å². The van der Waals surface area contributed by atoms with Gasteiger partial charge >= 0.3 is 11.9 Å². The number of unbranched alkanes of at least 4 members (excludes halogenated alkanes) is 3. The fourth-order valence-corrected chi connectivity index (χ4v) is 5.25. The van der Waals surface area contributed by atoms with Crippen LogP contribution in [-0.2, 0) is 20.8 Å². The molecular weight excluding hydrogens is 522 g/mol. The molecule has 0 saturated carbocycles. The highest BCUT2D eigenvalue weighted by Crippen LogP contribution is 2.43. The number of fused-ring (bicyclic) bond motifs is 5. The summed E-state index contributed by atoms with van der Waals surface area (Å²) in [4.78, 5) is 37.5. The highest BCUT2D eigenvalue weighted by molar-refractivity contribution is 5.97. The van der Waals surface area contributed by atoms with Crippen LogP contribution >= 0.6 is 0 Å². The highest BCUT2D eigenvalue weighted by atomic mass is 16.6. The Balaban J connectivity index is 1.52. The fraction of sp³-hybridized carbons (Fsp3) is 0.562. The third-order valence-corrected chi connectivity index (χ3v) is 7.18. The third-order valence-electron chi connectivity index (χ3n) is 7.18. The van der Waals surface area contributed by atoms with Crippen molar-refractivity contribution in [2.45, 2.75) is 98.8 Å². The summed E-state index contributed by atoms with van der Waals surface area (Å²) in [6.07, 6.45) is 5.61. The number of carbonyl (C=O) groups excluding carboxylic acids is 2. The monoisotopic (exact) mass is 565 g/mol. The van der Waals surface area contributed by atoms with Gasteiger partial charge in [-0.15, -0.1) is 0 Å². The summed E-state index contributed by atoms with van der Waals surface area (Å²) in [5, 5.41) is 5.84. The van der Waals surface area contributed by atoms with Crippen molar-refractivity contribution in [1.82, 2.24) is 14.3 Å². The van der Waals surface area contributed by atoms with Crippen LogP contribution in [0.3, 0.4) is 0 Å². The zero-order valence-electron chi connectivity index (χ0n) is 25.4. The standard InChI is InChI=1S/C32H43N3O6/c1-8-39-30(38)22-19-34-23(18-24(22)36)29-21-14-13-15-25(28(21)33-35(29)20-26(34)31(2,3)4)40-17-12-10-9-11-16-27(37)41-32(5,6)7/h13-15,18-19,26H,8-12,16-17,20H2,1-7H3/t26-/m0/s1. The van der Waals surface area contributed by atoms with Crippen molar-refractivity contribution in [1.29, 1.82) is 0 Å². The van der Waals surface area contributed by atoms with E-state index in [0.29, 0.717) is 25.3 Å². The number of carbonyl (C=O) groups is 2. The summed E-state index contributed by atoms with van der Waals surface area (Å²) in [5.41, 5.74) is 1.35. The molecule has 9 heteroatoms. The van der Waals surface area contributed by atoms with Crippen LogP contribution in [0.5, 0.6) is 5.75 Å². The van der Waals surface area contributed by atoms with Crippen LogP contribution in [0, 0.1) is 5.41 Å². The molecule has 0 fully saturated rings. The molecule has 0 unspecified atom stereocenters. The molecular formula is C32H43N3O6. The van der Waals surface area contributed by atoms with Gasteiger partial charge in [0.2, 0.25) is 0 Å². The average Bonchev–Trinajstić information content (AvgIpc) is 3.25. The van der Waals surface area contributed by atoms with Crippen molar-refractivity contribution in [2.24, 2.45) is 5.41 Å². The summed E-state index contributed by atoms with van der Waals surface area (Å²) < 4.78 is 20.7. The molecule has 4 rings (SSSR count). The van der Waals surface area contributed by atoms with Crippen molar-refractivity contribution >= 4 is 22.8 Å². The first-order valence-corrected chi connectivity index (χ1v) is 14.6. The summed E-state index contributed by atoms with van der Waals surface area (Å²) >= 11 is 0. The Morgan fingerprint density at radius 2 is 1.78 bits per heavy atom. The van der Waals surface area contributed by atoms with Crippen LogP contribution in [-0.4, -0.2) is 45.1 Å². The van der Waals surface area contributed by atoms with E-state index in [1.54, 1.807) is 13.1 Å². The van der Waals surface area contributed by atoms with Gasteiger partial charge in [-0.1, -0.05) is 45.7 Å². The van der Waals surface area contributed by atoms with Crippen LogP contribution in [0.25, 0.3) is 22.3 Å². The molecule has 0 radical (unpaired) electrons. The van der Waals surface area contributed by atoms with Gasteiger partial charge in [0.1, 0.15) is 22.4 Å². The molecule has 3 heterocycles. The number of hydrogen-bond donors (Lipinski definition) is 0. The molecule has 0 bridgehead atoms. The largest absolute Gasteiger partial charge is 0.491 e. The molecule has 222 valence electrons. The van der Waals surface area contributed by atoms with E-state index >= 15 is 0 Å². The lowest BCUT2D eigenvalue weighted by Gasteiger charge is -2.38. The number of aromatic nitrogens is 3. The lowest BCUT2D eigenvalue weighted by Crippen LogP contribution is -2.35. The average molecular weight is 566 g/mol. The maximum absolute atomic E-state index is 13.1. The van der Waals surface area contributed by atoms with Crippen molar-refractivity contribution < 1.29 is 23.8 Å². The lowest BCUT2D eigenvalue weighted by atomic mass is 9.85. The second kappa shape index (κ2) is 12.1. The maximum Gasteiger partial charge on any atom is 0.343 e. The zero-order valence-corrected chi connectivity index (χ0v) is 25.4. The van der Waals surface area contributed by atoms with Gasteiger partial charge in [-0.3, -0.25) is 14.3 Å². The van der Waals surface area contributed by atoms with Crippen molar-refractivity contribution in [2.75, 3.05) is 13.2 Å². The first-order valence-electron chi connectivity index (χ1n) is 14.6. The van der Waals surface area contributed by atoms with Gasteiger partial charge in [0, 0.05) is 24.1 Å². The molecule has 2 aromatic heterocycles. The van der Waals surface area contributed by atoms with Gasteiger partial charge in [-0.05, 0) is 52.0 Å². The normalized spacial score (nSPS) is 14.9. The number of rotatable bonds is 10. The predicted molar refractivity (Wildman–Crippen MR) is 158 cm³/mol. The Kier molecular flexibility index (Phi) is 8.94. The van der Waals surface area contributed by atoms with Gasteiger partial charge in [0.05, 0.1) is 37.2 Å². The van der Waals surface area contributed by atoms with Gasteiger partial charge in [-0.25, -0.2) is 4.79 Å². The predicted octanol–water partition coefficient (Wildman–Crippen LogP) is 6.31. The molecule has 0 aliphatic carbocycles. The van der Waals surface area contributed by atoms with Crippen LogP contribution in [0.4, 0.5) is 0 Å². The topological polar surface area (TPSA) is 102 Å². The summed E-state index contributed by atoms with van der Waals surface area (Å²) in [6, 6.07) is 7.33. The number of esters is 2. The number of nitrogens with zero attached hydrogens (tertiary/aromatic N) is 3. The van der Waals surface area contributed by atoms with E-state index in [9.17, 15) is 14.4 Å². The van der Waals surface area contributed by atoms with Gasteiger partial charge in [-0.2, -0.15) is 5.10 Å². The molecule has 9 nitrogen and oxygen atoms in total. The summed E-state index contributed by atoms with van der Waals surface area (Å²) in [7, 11) is 0. The molecule has 1 aliphatic rings. The van der Waals surface area contributed by atoms with Gasteiger partial charge in [0.25, 0.3) is 0 Å². The zero-order chi connectivity index (χ0) is 29.9. The second-order valence-electron chi connectivity index (χ2n) is 12.7. The van der Waals surface area contributed by atoms with Crippen LogP contribution in [0.15, 0.2) is 35.3 Å². The summed E-state index contributed by atoms with van der Waals surface area (Å²) in [6.45, 7) is 15.1. The van der Waals surface area contributed by atoms with Gasteiger partial charge < -0.3 is 18.8 Å². The van der Waals surface area contributed by atoms with E-state index in [-0.39, 0.29) is 35.0 Å². The number of hydrogen-bond acceptors (Lipinski definition) is 7. The van der Waals surface area contributed by atoms with Gasteiger partial charge in [0.15, 0.2) is 5.43 Å². The Hall–Kier alpha value is -3.62. The molecule has 41 heavy (non-hydrogen) atoms. The van der Waals surface area contributed by atoms with E-state index < -0.39 is 11.6 Å². The minimum absolute atomic E-state index is 0.0391. The van der Waals surface area contributed by atoms with E-state index in [0.717, 1.165) is 48.0 Å².